The predicted molar refractivity (Wildman–Crippen MR) is 74.2 cm³/mol. The van der Waals surface area contributed by atoms with Crippen LogP contribution in [0.25, 0.3) is 0 Å². The van der Waals surface area contributed by atoms with Crippen molar-refractivity contribution in [2.75, 3.05) is 18.0 Å². The number of rotatable bonds is 2. The maximum absolute atomic E-state index is 6.13. The van der Waals surface area contributed by atoms with Crippen molar-refractivity contribution in [2.24, 2.45) is 11.8 Å². The van der Waals surface area contributed by atoms with Gasteiger partial charge in [-0.25, -0.2) is 9.97 Å². The van der Waals surface area contributed by atoms with Gasteiger partial charge in [-0.2, -0.15) is 0 Å². The van der Waals surface area contributed by atoms with Crippen LogP contribution in [0.5, 0.6) is 0 Å². The Hall–Kier alpha value is -0.830. The van der Waals surface area contributed by atoms with E-state index in [0.29, 0.717) is 11.1 Å². The summed E-state index contributed by atoms with van der Waals surface area (Å²) in [6, 6.07) is 1.91. The van der Waals surface area contributed by atoms with E-state index in [1.54, 1.807) is 0 Å². The maximum Gasteiger partial charge on any atom is 0.135 e. The molecule has 4 heteroatoms. The van der Waals surface area contributed by atoms with Crippen molar-refractivity contribution in [3.8, 4) is 0 Å². The van der Waals surface area contributed by atoms with Crippen LogP contribution in [0.15, 0.2) is 6.07 Å². The Balaban J connectivity index is 1.82. The van der Waals surface area contributed by atoms with Crippen LogP contribution >= 0.6 is 11.6 Å². The molecule has 2 atom stereocenters. The van der Waals surface area contributed by atoms with Crippen molar-refractivity contribution in [1.82, 2.24) is 9.97 Å². The Kier molecular flexibility index (Phi) is 3.18. The minimum atomic E-state index is 0.559. The smallest absolute Gasteiger partial charge is 0.135 e. The zero-order valence-electron chi connectivity index (χ0n) is 11.1. The predicted octanol–water partition coefficient (Wildman–Crippen LogP) is 3.49. The van der Waals surface area contributed by atoms with Crippen LogP contribution < -0.4 is 4.90 Å². The molecular formula is C14H20ClN3. The fourth-order valence-electron chi connectivity index (χ4n) is 2.58. The Bertz CT molecular complexity index is 445. The molecule has 1 aliphatic carbocycles. The molecule has 0 N–H and O–H groups in total. The summed E-state index contributed by atoms with van der Waals surface area (Å²) in [6.45, 7) is 6.83. The number of hydrogen-bond donors (Lipinski definition) is 0. The van der Waals surface area contributed by atoms with Gasteiger partial charge in [-0.05, 0) is 31.1 Å². The topological polar surface area (TPSA) is 29.0 Å². The highest BCUT2D eigenvalue weighted by Gasteiger charge is 2.29. The van der Waals surface area contributed by atoms with Crippen LogP contribution in [0.1, 0.15) is 44.9 Å². The number of hydrogen-bond acceptors (Lipinski definition) is 3. The lowest BCUT2D eigenvalue weighted by Crippen LogP contribution is -2.39. The second-order valence-corrected chi connectivity index (χ2v) is 6.26. The van der Waals surface area contributed by atoms with Crippen LogP contribution in [0.3, 0.4) is 0 Å². The van der Waals surface area contributed by atoms with Gasteiger partial charge in [0.05, 0.1) is 0 Å². The van der Waals surface area contributed by atoms with Crippen LogP contribution in [-0.2, 0) is 0 Å². The molecule has 1 saturated heterocycles. The van der Waals surface area contributed by atoms with Gasteiger partial charge in [-0.15, -0.1) is 0 Å². The van der Waals surface area contributed by atoms with E-state index in [4.69, 9.17) is 16.6 Å². The van der Waals surface area contributed by atoms with Crippen LogP contribution in [0.4, 0.5) is 5.82 Å². The molecule has 0 aromatic carbocycles. The zero-order chi connectivity index (χ0) is 12.7. The molecule has 1 aromatic heterocycles. The van der Waals surface area contributed by atoms with E-state index in [1.807, 2.05) is 6.07 Å². The van der Waals surface area contributed by atoms with Crippen molar-refractivity contribution in [2.45, 2.75) is 39.0 Å². The standard InChI is InChI=1S/C14H20ClN3/c1-9-5-6-18(8-10(9)2)13-7-12(15)16-14(17-13)11-3-4-11/h7,9-11H,3-6,8H2,1-2H3. The van der Waals surface area contributed by atoms with Crippen molar-refractivity contribution in [3.63, 3.8) is 0 Å². The molecule has 1 saturated carbocycles. The van der Waals surface area contributed by atoms with Crippen LogP contribution in [-0.4, -0.2) is 23.1 Å². The quantitative estimate of drug-likeness (QED) is 0.767. The van der Waals surface area contributed by atoms with Gasteiger partial charge in [0.2, 0.25) is 0 Å². The molecule has 2 unspecified atom stereocenters. The van der Waals surface area contributed by atoms with Gasteiger partial charge in [0.1, 0.15) is 16.8 Å². The van der Waals surface area contributed by atoms with Crippen molar-refractivity contribution in [1.29, 1.82) is 0 Å². The molecule has 2 fully saturated rings. The number of aromatic nitrogens is 2. The van der Waals surface area contributed by atoms with E-state index >= 15 is 0 Å². The van der Waals surface area contributed by atoms with Gasteiger partial charge < -0.3 is 4.90 Å². The maximum atomic E-state index is 6.13. The second kappa shape index (κ2) is 4.69. The van der Waals surface area contributed by atoms with E-state index in [0.717, 1.165) is 36.6 Å². The van der Waals surface area contributed by atoms with Gasteiger partial charge in [-0.3, -0.25) is 0 Å². The van der Waals surface area contributed by atoms with Crippen molar-refractivity contribution in [3.05, 3.63) is 17.0 Å². The van der Waals surface area contributed by atoms with E-state index in [9.17, 15) is 0 Å². The van der Waals surface area contributed by atoms with Gasteiger partial charge in [0.15, 0.2) is 0 Å². The molecule has 0 radical (unpaired) electrons. The first kappa shape index (κ1) is 12.2. The third-order valence-corrected chi connectivity index (χ3v) is 4.49. The molecule has 2 aliphatic rings. The van der Waals surface area contributed by atoms with Gasteiger partial charge in [-0.1, -0.05) is 25.4 Å². The largest absolute Gasteiger partial charge is 0.356 e. The second-order valence-electron chi connectivity index (χ2n) is 5.87. The first-order valence-electron chi connectivity index (χ1n) is 6.93. The molecule has 0 amide bonds. The summed E-state index contributed by atoms with van der Waals surface area (Å²) in [6.07, 6.45) is 3.67. The SMILES string of the molecule is CC1CCN(c2cc(Cl)nc(C3CC3)n2)CC1C. The fourth-order valence-corrected chi connectivity index (χ4v) is 2.76. The average molecular weight is 266 g/mol. The van der Waals surface area contributed by atoms with Crippen molar-refractivity contribution < 1.29 is 0 Å². The lowest BCUT2D eigenvalue weighted by Gasteiger charge is -2.36. The number of nitrogens with zero attached hydrogens (tertiary/aromatic N) is 3. The average Bonchev–Trinajstić information content (AvgIpc) is 3.16. The summed E-state index contributed by atoms with van der Waals surface area (Å²) in [7, 11) is 0. The summed E-state index contributed by atoms with van der Waals surface area (Å²) >= 11 is 6.13. The lowest BCUT2D eigenvalue weighted by molar-refractivity contribution is 0.322. The van der Waals surface area contributed by atoms with E-state index in [1.165, 1.54) is 19.3 Å². The third kappa shape index (κ3) is 2.46. The molecular weight excluding hydrogens is 246 g/mol. The first-order chi connectivity index (χ1) is 8.63. The summed E-state index contributed by atoms with van der Waals surface area (Å²) in [4.78, 5) is 11.4. The Labute approximate surface area is 114 Å². The number of anilines is 1. The minimum absolute atomic E-state index is 0.559. The number of piperidine rings is 1. The summed E-state index contributed by atoms with van der Waals surface area (Å²) in [5.74, 6) is 4.06. The molecule has 98 valence electrons. The molecule has 3 rings (SSSR count). The Morgan fingerprint density at radius 2 is 1.94 bits per heavy atom. The monoisotopic (exact) mass is 265 g/mol. The van der Waals surface area contributed by atoms with Crippen LogP contribution in [0, 0.1) is 11.8 Å². The first-order valence-corrected chi connectivity index (χ1v) is 7.30. The highest BCUT2D eigenvalue weighted by Crippen LogP contribution is 2.39. The summed E-state index contributed by atoms with van der Waals surface area (Å²) in [5, 5.41) is 0.591. The van der Waals surface area contributed by atoms with E-state index in [2.05, 4.69) is 23.7 Å². The fraction of sp³-hybridized carbons (Fsp3) is 0.714. The molecule has 0 bridgehead atoms. The molecule has 18 heavy (non-hydrogen) atoms. The molecule has 0 spiro atoms. The van der Waals surface area contributed by atoms with Crippen LogP contribution in [0.2, 0.25) is 5.15 Å². The Morgan fingerprint density at radius 3 is 2.61 bits per heavy atom. The van der Waals surface area contributed by atoms with E-state index in [-0.39, 0.29) is 0 Å². The molecule has 2 heterocycles. The number of halogens is 1. The molecule has 3 nitrogen and oxygen atoms in total. The lowest BCUT2D eigenvalue weighted by atomic mass is 9.89. The van der Waals surface area contributed by atoms with Gasteiger partial charge in [0, 0.05) is 25.1 Å². The highest BCUT2D eigenvalue weighted by atomic mass is 35.5. The Morgan fingerprint density at radius 1 is 1.17 bits per heavy atom. The van der Waals surface area contributed by atoms with Crippen molar-refractivity contribution >= 4 is 17.4 Å². The third-order valence-electron chi connectivity index (χ3n) is 4.30. The molecule has 1 aliphatic heterocycles. The zero-order valence-corrected chi connectivity index (χ0v) is 11.8. The van der Waals surface area contributed by atoms with Gasteiger partial charge in [0.25, 0.3) is 0 Å². The van der Waals surface area contributed by atoms with E-state index < -0.39 is 0 Å². The molecule has 1 aromatic rings. The summed E-state index contributed by atoms with van der Waals surface area (Å²) < 4.78 is 0. The minimum Gasteiger partial charge on any atom is -0.356 e. The van der Waals surface area contributed by atoms with Gasteiger partial charge >= 0.3 is 0 Å². The normalized spacial score (nSPS) is 28.5. The summed E-state index contributed by atoms with van der Waals surface area (Å²) in [5.41, 5.74) is 0. The highest BCUT2D eigenvalue weighted by molar-refractivity contribution is 6.29.